The van der Waals surface area contributed by atoms with Crippen molar-refractivity contribution in [3.63, 3.8) is 0 Å². The molecule has 0 aliphatic rings. The molecular weight excluding hydrogens is 252 g/mol. The number of aliphatic hydroxyl groups excluding tert-OH is 1. The van der Waals surface area contributed by atoms with E-state index in [4.69, 9.17) is 4.74 Å². The van der Waals surface area contributed by atoms with E-state index >= 15 is 0 Å². The van der Waals surface area contributed by atoms with Crippen LogP contribution >= 0.6 is 0 Å². The lowest BCUT2D eigenvalue weighted by molar-refractivity contribution is -0.140. The molecule has 1 aromatic carbocycles. The summed E-state index contributed by atoms with van der Waals surface area (Å²) in [6, 6.07) is 2.41. The average molecular weight is 266 g/mol. The molecule has 1 rings (SSSR count). The predicted octanol–water partition coefficient (Wildman–Crippen LogP) is 3.30. The Balaban J connectivity index is 2.78. The second-order valence-corrected chi connectivity index (χ2v) is 3.74. The quantitative estimate of drug-likeness (QED) is 0.654. The maximum absolute atomic E-state index is 13.2. The first-order valence-electron chi connectivity index (χ1n) is 5.48. The zero-order valence-corrected chi connectivity index (χ0v) is 9.80. The molecule has 0 spiro atoms. The molecule has 18 heavy (non-hydrogen) atoms. The molecule has 0 aromatic heterocycles. The Kier molecular flexibility index (Phi) is 5.10. The molecule has 0 aliphatic heterocycles. The largest absolute Gasteiger partial charge is 0.419 e. The molecular formula is C12H14F4O2. The highest BCUT2D eigenvalue weighted by Gasteiger charge is 2.34. The third-order valence-electron chi connectivity index (χ3n) is 2.42. The van der Waals surface area contributed by atoms with Gasteiger partial charge < -0.3 is 9.84 Å². The summed E-state index contributed by atoms with van der Waals surface area (Å²) in [4.78, 5) is 0. The Hall–Kier alpha value is -1.14. The van der Waals surface area contributed by atoms with Crippen molar-refractivity contribution in [3.05, 3.63) is 35.1 Å². The summed E-state index contributed by atoms with van der Waals surface area (Å²) in [5, 5.41) is 9.64. The van der Waals surface area contributed by atoms with E-state index in [-0.39, 0.29) is 18.6 Å². The van der Waals surface area contributed by atoms with Crippen LogP contribution in [0.25, 0.3) is 0 Å². The number of alkyl halides is 3. The summed E-state index contributed by atoms with van der Waals surface area (Å²) in [5.74, 6) is -1.38. The number of hydrogen-bond donors (Lipinski definition) is 1. The van der Waals surface area contributed by atoms with Gasteiger partial charge in [0.15, 0.2) is 0 Å². The van der Waals surface area contributed by atoms with E-state index < -0.39 is 23.7 Å². The summed E-state index contributed by atoms with van der Waals surface area (Å²) in [6.45, 7) is 2.53. The highest BCUT2D eigenvalue weighted by molar-refractivity contribution is 5.27. The van der Waals surface area contributed by atoms with E-state index in [1.54, 1.807) is 6.92 Å². The number of aliphatic hydroxyl groups is 1. The fourth-order valence-electron chi connectivity index (χ4n) is 1.47. The van der Waals surface area contributed by atoms with Crippen molar-refractivity contribution < 1.29 is 27.4 Å². The van der Waals surface area contributed by atoms with Crippen LogP contribution in [0, 0.1) is 5.82 Å². The normalized spacial score (nSPS) is 13.7. The van der Waals surface area contributed by atoms with Gasteiger partial charge in [-0.2, -0.15) is 13.2 Å². The summed E-state index contributed by atoms with van der Waals surface area (Å²) in [6.07, 6.45) is -5.55. The van der Waals surface area contributed by atoms with E-state index in [0.717, 1.165) is 6.07 Å². The van der Waals surface area contributed by atoms with Gasteiger partial charge in [0, 0.05) is 19.6 Å². The van der Waals surface area contributed by atoms with Gasteiger partial charge >= 0.3 is 6.18 Å². The molecule has 1 N–H and O–H groups in total. The van der Waals surface area contributed by atoms with Gasteiger partial charge in [-0.1, -0.05) is 6.07 Å². The van der Waals surface area contributed by atoms with Crippen LogP contribution in [0.4, 0.5) is 17.6 Å². The zero-order chi connectivity index (χ0) is 13.8. The first-order valence-corrected chi connectivity index (χ1v) is 5.48. The molecule has 1 aromatic rings. The van der Waals surface area contributed by atoms with Crippen LogP contribution in [0.1, 0.15) is 30.6 Å². The molecule has 0 bridgehead atoms. The molecule has 6 heteroatoms. The number of hydrogen-bond acceptors (Lipinski definition) is 2. The van der Waals surface area contributed by atoms with E-state index in [9.17, 15) is 22.7 Å². The second kappa shape index (κ2) is 6.15. The molecule has 0 amide bonds. The maximum Gasteiger partial charge on any atom is 0.419 e. The van der Waals surface area contributed by atoms with Crippen molar-refractivity contribution in [1.82, 2.24) is 0 Å². The van der Waals surface area contributed by atoms with Crippen LogP contribution in [0.5, 0.6) is 0 Å². The Morgan fingerprint density at radius 2 is 2.00 bits per heavy atom. The van der Waals surface area contributed by atoms with Crippen molar-refractivity contribution in [2.45, 2.75) is 25.6 Å². The predicted molar refractivity (Wildman–Crippen MR) is 57.5 cm³/mol. The lowest BCUT2D eigenvalue weighted by Gasteiger charge is -2.13. The maximum atomic E-state index is 13.2. The van der Waals surface area contributed by atoms with Crippen molar-refractivity contribution in [3.8, 4) is 0 Å². The SMILES string of the molecule is CCOCCC(O)c1ccc(C(F)(F)F)c(F)c1. The zero-order valence-electron chi connectivity index (χ0n) is 9.80. The molecule has 1 atom stereocenters. The molecule has 0 fully saturated rings. The topological polar surface area (TPSA) is 29.5 Å². The van der Waals surface area contributed by atoms with Crippen molar-refractivity contribution >= 4 is 0 Å². The van der Waals surface area contributed by atoms with Crippen LogP contribution in [-0.4, -0.2) is 18.3 Å². The molecule has 2 nitrogen and oxygen atoms in total. The Labute approximate surface area is 102 Å². The monoisotopic (exact) mass is 266 g/mol. The molecule has 0 saturated carbocycles. The minimum Gasteiger partial charge on any atom is -0.388 e. The number of benzene rings is 1. The Morgan fingerprint density at radius 3 is 2.50 bits per heavy atom. The molecule has 1 unspecified atom stereocenters. The van der Waals surface area contributed by atoms with E-state index in [1.807, 2.05) is 0 Å². The first-order chi connectivity index (χ1) is 8.36. The molecule has 0 saturated heterocycles. The van der Waals surface area contributed by atoms with Crippen LogP contribution in [0.3, 0.4) is 0 Å². The van der Waals surface area contributed by atoms with E-state index in [2.05, 4.69) is 0 Å². The second-order valence-electron chi connectivity index (χ2n) is 3.74. The average Bonchev–Trinajstić information content (AvgIpc) is 2.27. The fraction of sp³-hybridized carbons (Fsp3) is 0.500. The van der Waals surface area contributed by atoms with Gasteiger partial charge in [-0.25, -0.2) is 4.39 Å². The Morgan fingerprint density at radius 1 is 1.33 bits per heavy atom. The van der Waals surface area contributed by atoms with Crippen LogP contribution in [0.2, 0.25) is 0 Å². The molecule has 0 aliphatic carbocycles. The van der Waals surface area contributed by atoms with Gasteiger partial charge in [-0.3, -0.25) is 0 Å². The van der Waals surface area contributed by atoms with Gasteiger partial charge in [-0.05, 0) is 24.6 Å². The molecule has 0 radical (unpaired) electrons. The highest BCUT2D eigenvalue weighted by atomic mass is 19.4. The number of rotatable bonds is 5. The summed E-state index contributed by atoms with van der Waals surface area (Å²) < 4.78 is 55.2. The smallest absolute Gasteiger partial charge is 0.388 e. The highest BCUT2D eigenvalue weighted by Crippen LogP contribution is 2.32. The Bertz CT molecular complexity index is 390. The molecule has 0 heterocycles. The van der Waals surface area contributed by atoms with Crippen LogP contribution in [-0.2, 0) is 10.9 Å². The van der Waals surface area contributed by atoms with E-state index in [0.29, 0.717) is 18.7 Å². The first kappa shape index (κ1) is 14.9. The van der Waals surface area contributed by atoms with Gasteiger partial charge in [-0.15, -0.1) is 0 Å². The van der Waals surface area contributed by atoms with Crippen LogP contribution < -0.4 is 0 Å². The van der Waals surface area contributed by atoms with Crippen molar-refractivity contribution in [2.75, 3.05) is 13.2 Å². The minimum absolute atomic E-state index is 0.111. The van der Waals surface area contributed by atoms with Gasteiger partial charge in [0.2, 0.25) is 0 Å². The summed E-state index contributed by atoms with van der Waals surface area (Å²) in [5.41, 5.74) is -1.22. The van der Waals surface area contributed by atoms with Crippen molar-refractivity contribution in [1.29, 1.82) is 0 Å². The van der Waals surface area contributed by atoms with Gasteiger partial charge in [0.05, 0.1) is 11.7 Å². The summed E-state index contributed by atoms with van der Waals surface area (Å²) >= 11 is 0. The van der Waals surface area contributed by atoms with Crippen LogP contribution in [0.15, 0.2) is 18.2 Å². The van der Waals surface area contributed by atoms with Gasteiger partial charge in [0.1, 0.15) is 5.82 Å². The summed E-state index contributed by atoms with van der Waals surface area (Å²) in [7, 11) is 0. The van der Waals surface area contributed by atoms with Gasteiger partial charge in [0.25, 0.3) is 0 Å². The number of halogens is 4. The van der Waals surface area contributed by atoms with Crippen molar-refractivity contribution in [2.24, 2.45) is 0 Å². The number of ether oxygens (including phenoxy) is 1. The third kappa shape index (κ3) is 3.96. The lowest BCUT2D eigenvalue weighted by Crippen LogP contribution is -2.10. The third-order valence-corrected chi connectivity index (χ3v) is 2.42. The fourth-order valence-corrected chi connectivity index (χ4v) is 1.47. The minimum atomic E-state index is -4.72. The molecule has 102 valence electrons. The standard InChI is InChI=1S/C12H14F4O2/c1-2-18-6-5-11(17)8-3-4-9(10(13)7-8)12(14,15)16/h3-4,7,11,17H,2,5-6H2,1H3. The van der Waals surface area contributed by atoms with E-state index in [1.165, 1.54) is 0 Å². The lowest BCUT2D eigenvalue weighted by atomic mass is 10.0.